The predicted octanol–water partition coefficient (Wildman–Crippen LogP) is 4.49. The van der Waals surface area contributed by atoms with Crippen molar-refractivity contribution in [1.82, 2.24) is 15.0 Å². The van der Waals surface area contributed by atoms with Gasteiger partial charge in [0.1, 0.15) is 4.90 Å². The van der Waals surface area contributed by atoms with E-state index >= 15 is 0 Å². The average Bonchev–Trinajstić information content (AvgIpc) is 2.83. The molecule has 1 amide bonds. The van der Waals surface area contributed by atoms with Gasteiger partial charge < -0.3 is 9.47 Å². The second kappa shape index (κ2) is 10.4. The summed E-state index contributed by atoms with van der Waals surface area (Å²) < 4.78 is 38.9. The molecule has 0 bridgehead atoms. The highest BCUT2D eigenvalue weighted by molar-refractivity contribution is 7.93. The maximum atomic E-state index is 13.9. The van der Waals surface area contributed by atoms with Gasteiger partial charge in [0.15, 0.2) is 0 Å². The number of rotatable bonds is 8. The molecule has 1 aromatic carbocycles. The summed E-state index contributed by atoms with van der Waals surface area (Å²) in [6.45, 7) is 9.08. The molecule has 3 rings (SSSR count). The van der Waals surface area contributed by atoms with E-state index in [0.717, 1.165) is 5.56 Å². The summed E-state index contributed by atoms with van der Waals surface area (Å²) in [6.07, 6.45) is 3.37. The molecule has 0 fully saturated rings. The summed E-state index contributed by atoms with van der Waals surface area (Å²) in [4.78, 5) is 25.5. The zero-order valence-corrected chi connectivity index (χ0v) is 20.2. The number of pyridine rings is 1. The molecule has 0 aliphatic rings. The number of carbonyl (C=O) groups excluding carboxylic acids is 1. The number of sulfonamides is 1. The number of aromatic nitrogens is 3. The normalized spacial score (nSPS) is 11.2. The molecular weight excluding hydrogens is 456 g/mol. The highest BCUT2D eigenvalue weighted by atomic mass is 32.2. The Hall–Kier alpha value is -3.79. The first kappa shape index (κ1) is 24.8. The first-order valence-corrected chi connectivity index (χ1v) is 11.9. The van der Waals surface area contributed by atoms with Crippen molar-refractivity contribution >= 4 is 28.0 Å². The highest BCUT2D eigenvalue weighted by Crippen LogP contribution is 2.33. The molecule has 0 saturated heterocycles. The van der Waals surface area contributed by atoms with Gasteiger partial charge in [0.2, 0.25) is 5.82 Å². The number of methoxy groups -OCH3 is 1. The van der Waals surface area contributed by atoms with Crippen LogP contribution in [0.25, 0.3) is 17.3 Å². The molecule has 2 aromatic heterocycles. The number of hydrogen-bond acceptors (Lipinski definition) is 8. The zero-order chi connectivity index (χ0) is 24.9. The molecule has 0 N–H and O–H groups in total. The van der Waals surface area contributed by atoms with Crippen LogP contribution in [-0.2, 0) is 14.8 Å². The minimum Gasteiger partial charge on any atom is -0.478 e. The third-order valence-corrected chi connectivity index (χ3v) is 6.33. The van der Waals surface area contributed by atoms with Crippen molar-refractivity contribution in [3.05, 3.63) is 66.6 Å². The van der Waals surface area contributed by atoms with Crippen molar-refractivity contribution in [2.75, 3.05) is 18.0 Å². The number of nitrogens with zero attached hydrogens (tertiary/aromatic N) is 4. The first-order chi connectivity index (χ1) is 16.2. The lowest BCUT2D eigenvalue weighted by Gasteiger charge is -2.23. The van der Waals surface area contributed by atoms with E-state index in [4.69, 9.17) is 9.47 Å². The van der Waals surface area contributed by atoms with Crippen LogP contribution in [0.4, 0.5) is 10.6 Å². The predicted molar refractivity (Wildman–Crippen MR) is 129 cm³/mol. The lowest BCUT2D eigenvalue weighted by Crippen LogP contribution is -2.39. The fourth-order valence-corrected chi connectivity index (χ4v) is 4.47. The molecule has 0 atom stereocenters. The molecule has 178 valence electrons. The molecule has 0 radical (unpaired) electrons. The van der Waals surface area contributed by atoms with E-state index in [1.807, 2.05) is 13.8 Å². The van der Waals surface area contributed by atoms with E-state index < -0.39 is 16.1 Å². The van der Waals surface area contributed by atoms with E-state index in [9.17, 15) is 13.2 Å². The smallest absolute Gasteiger partial charge is 0.430 e. The Labute approximate surface area is 199 Å². The van der Waals surface area contributed by atoms with Crippen LogP contribution >= 0.6 is 0 Å². The van der Waals surface area contributed by atoms with Crippen molar-refractivity contribution in [2.45, 2.75) is 25.7 Å². The van der Waals surface area contributed by atoms with Gasteiger partial charge in [-0.3, -0.25) is 4.98 Å². The monoisotopic (exact) mass is 482 g/mol. The highest BCUT2D eigenvalue weighted by Gasteiger charge is 2.38. The standard InChI is InChI=1S/C24H26N4O5S/c1-6-18-9-11-19(12-10-18)21-20(8-7-13-25-21)34(30,31)28(24(29)33-15-16(2)3)22-23(32-5)27-17(4)14-26-22/h6-14,16H,1,15H2,2-5H3. The van der Waals surface area contributed by atoms with Gasteiger partial charge in [-0.25, -0.2) is 23.2 Å². The molecular formula is C24H26N4O5S. The van der Waals surface area contributed by atoms with Crippen LogP contribution in [0.15, 0.2) is 60.3 Å². The number of anilines is 1. The number of carbonyl (C=O) groups is 1. The second-order valence-corrected chi connectivity index (χ2v) is 9.52. The lowest BCUT2D eigenvalue weighted by atomic mass is 10.1. The molecule has 2 heterocycles. The Balaban J connectivity index is 2.20. The van der Waals surface area contributed by atoms with Gasteiger partial charge in [-0.2, -0.15) is 0 Å². The summed E-state index contributed by atoms with van der Waals surface area (Å²) >= 11 is 0. The van der Waals surface area contributed by atoms with Crippen molar-refractivity contribution in [1.29, 1.82) is 0 Å². The summed E-state index contributed by atoms with van der Waals surface area (Å²) in [5.41, 5.74) is 2.06. The molecule has 0 aliphatic heterocycles. The van der Waals surface area contributed by atoms with Crippen molar-refractivity contribution in [3.8, 4) is 17.1 Å². The van der Waals surface area contributed by atoms with Gasteiger partial charge in [-0.15, -0.1) is 4.31 Å². The Morgan fingerprint density at radius 3 is 2.50 bits per heavy atom. The fourth-order valence-electron chi connectivity index (χ4n) is 3.01. The average molecular weight is 483 g/mol. The SMILES string of the molecule is C=Cc1ccc(-c2ncccc2S(=O)(=O)N(C(=O)OCC(C)C)c2ncc(C)nc2OC)cc1. The van der Waals surface area contributed by atoms with Gasteiger partial charge in [0.05, 0.1) is 31.3 Å². The van der Waals surface area contributed by atoms with E-state index in [-0.39, 0.29) is 34.8 Å². The number of aryl methyl sites for hydroxylation is 1. The number of hydrogen-bond donors (Lipinski definition) is 0. The summed E-state index contributed by atoms with van der Waals surface area (Å²) in [7, 11) is -3.23. The number of ether oxygens (including phenoxy) is 2. The molecule has 10 heteroatoms. The zero-order valence-electron chi connectivity index (χ0n) is 19.4. The Morgan fingerprint density at radius 2 is 1.88 bits per heavy atom. The minimum atomic E-state index is -4.55. The number of benzene rings is 1. The van der Waals surface area contributed by atoms with Crippen LogP contribution < -0.4 is 9.04 Å². The van der Waals surface area contributed by atoms with Crippen molar-refractivity contribution < 1.29 is 22.7 Å². The van der Waals surface area contributed by atoms with Crippen LogP contribution in [0.3, 0.4) is 0 Å². The number of amides is 1. The molecule has 34 heavy (non-hydrogen) atoms. The van der Waals surface area contributed by atoms with Gasteiger partial charge >= 0.3 is 6.09 Å². The van der Waals surface area contributed by atoms with Crippen molar-refractivity contribution in [2.24, 2.45) is 5.92 Å². The van der Waals surface area contributed by atoms with Crippen LogP contribution in [0.1, 0.15) is 25.1 Å². The van der Waals surface area contributed by atoms with Crippen molar-refractivity contribution in [3.63, 3.8) is 0 Å². The lowest BCUT2D eigenvalue weighted by molar-refractivity contribution is 0.143. The molecule has 9 nitrogen and oxygen atoms in total. The molecule has 3 aromatic rings. The Bertz CT molecular complexity index is 1290. The Kier molecular flexibility index (Phi) is 7.62. The maximum Gasteiger partial charge on any atom is 0.430 e. The van der Waals surface area contributed by atoms with Crippen LogP contribution in [-0.4, -0.2) is 43.2 Å². The third-order valence-electron chi connectivity index (χ3n) is 4.64. The van der Waals surface area contributed by atoms with Gasteiger partial charge in [0.25, 0.3) is 15.9 Å². The van der Waals surface area contributed by atoms with E-state index in [1.54, 1.807) is 37.3 Å². The second-order valence-electron chi connectivity index (χ2n) is 7.76. The molecule has 0 spiro atoms. The minimum absolute atomic E-state index is 0.00930. The van der Waals surface area contributed by atoms with Gasteiger partial charge in [-0.1, -0.05) is 50.8 Å². The van der Waals surface area contributed by atoms with Gasteiger partial charge in [-0.05, 0) is 30.5 Å². The van der Waals surface area contributed by atoms with E-state index in [0.29, 0.717) is 15.6 Å². The summed E-state index contributed by atoms with van der Waals surface area (Å²) in [5, 5.41) is 0. The topological polar surface area (TPSA) is 112 Å². The molecule has 0 saturated carbocycles. The Morgan fingerprint density at radius 1 is 1.18 bits per heavy atom. The summed E-state index contributed by atoms with van der Waals surface area (Å²) in [5.74, 6) is -0.457. The molecule has 0 aliphatic carbocycles. The van der Waals surface area contributed by atoms with Crippen LogP contribution in [0, 0.1) is 12.8 Å². The largest absolute Gasteiger partial charge is 0.478 e. The quantitative estimate of drug-likeness (QED) is 0.462. The molecule has 0 unspecified atom stereocenters. The van der Waals surface area contributed by atoms with E-state index in [2.05, 4.69) is 21.5 Å². The first-order valence-electron chi connectivity index (χ1n) is 10.5. The van der Waals surface area contributed by atoms with E-state index in [1.165, 1.54) is 31.6 Å². The van der Waals surface area contributed by atoms with Gasteiger partial charge in [0, 0.05) is 11.8 Å². The fraction of sp³-hybridized carbons (Fsp3) is 0.250. The van der Waals surface area contributed by atoms with Crippen LogP contribution in [0.5, 0.6) is 5.88 Å². The summed E-state index contributed by atoms with van der Waals surface area (Å²) in [6, 6.07) is 9.88. The third kappa shape index (κ3) is 5.23. The van der Waals surface area contributed by atoms with Crippen LogP contribution in [0.2, 0.25) is 0 Å². The maximum absolute atomic E-state index is 13.9.